The molecule has 0 aliphatic carbocycles. The van der Waals surface area contributed by atoms with Crippen molar-refractivity contribution in [2.45, 2.75) is 60.3 Å². The van der Waals surface area contributed by atoms with Crippen molar-refractivity contribution in [3.63, 3.8) is 0 Å². The number of hydrogen-bond acceptors (Lipinski definition) is 0. The summed E-state index contributed by atoms with van der Waals surface area (Å²) in [6.45, 7) is 15.1. The van der Waals surface area contributed by atoms with Gasteiger partial charge in [0.15, 0.2) is 0 Å². The zero-order chi connectivity index (χ0) is 12.0. The van der Waals surface area contributed by atoms with E-state index in [1.54, 1.807) is 0 Å². The van der Waals surface area contributed by atoms with Gasteiger partial charge in [-0.3, -0.25) is 0 Å². The summed E-state index contributed by atoms with van der Waals surface area (Å²) in [5.74, 6) is 1.19. The van der Waals surface area contributed by atoms with Crippen LogP contribution in [0.1, 0.15) is 70.1 Å². The minimum atomic E-state index is 0. The molecule has 0 fully saturated rings. The van der Waals surface area contributed by atoms with Crippen LogP contribution in [0.5, 0.6) is 0 Å². The first-order valence-corrected chi connectivity index (χ1v) is 6.04. The number of benzene rings is 1. The molecule has 0 bridgehead atoms. The summed E-state index contributed by atoms with van der Waals surface area (Å²) in [6.07, 6.45) is 0. The van der Waals surface area contributed by atoms with Gasteiger partial charge < -0.3 is 0 Å². The van der Waals surface area contributed by atoms with Crippen molar-refractivity contribution in [2.24, 2.45) is 0 Å². The van der Waals surface area contributed by atoms with Crippen LogP contribution < -0.4 is 0 Å². The Labute approximate surface area is 135 Å². The van der Waals surface area contributed by atoms with Crippen LogP contribution in [-0.2, 0) is 0 Å². The average molecular weight is 346 g/mol. The van der Waals surface area contributed by atoms with E-state index >= 15 is 0 Å². The van der Waals surface area contributed by atoms with Crippen molar-refractivity contribution in [2.75, 3.05) is 0 Å². The molecule has 1 radical (unpaired) electrons. The van der Waals surface area contributed by atoms with Gasteiger partial charge >= 0.3 is 0 Å². The minimum Gasteiger partial charge on any atom is -0.180 e. The van der Waals surface area contributed by atoms with E-state index in [1.807, 2.05) is 13.8 Å². The summed E-state index contributed by atoms with van der Waals surface area (Å²) in [5, 5.41) is 0. The third kappa shape index (κ3) is 5.78. The molecular formula is C15H25Pr-. The topological polar surface area (TPSA) is 0 Å². The Morgan fingerprint density at radius 3 is 1.81 bits per heavy atom. The maximum atomic E-state index is 3.39. The molecular weight excluding hydrogens is 321 g/mol. The van der Waals surface area contributed by atoms with Gasteiger partial charge in [0.25, 0.3) is 0 Å². The van der Waals surface area contributed by atoms with Gasteiger partial charge in [0.1, 0.15) is 0 Å². The summed E-state index contributed by atoms with van der Waals surface area (Å²) in [7, 11) is 0. The van der Waals surface area contributed by atoms with Gasteiger partial charge in [0.05, 0.1) is 0 Å². The monoisotopic (exact) mass is 346 g/mol. The molecule has 0 saturated carbocycles. The number of aryl methyl sites for hydroxylation is 1. The Bertz CT molecular complexity index is 287. The second-order valence-electron chi connectivity index (χ2n) is 4.34. The van der Waals surface area contributed by atoms with Crippen LogP contribution in [0, 0.1) is 54.3 Å². The quantitative estimate of drug-likeness (QED) is 0.656. The zero-order valence-corrected chi connectivity index (χ0v) is 15.6. The van der Waals surface area contributed by atoms with Gasteiger partial charge in [-0.15, -0.1) is 0 Å². The molecule has 16 heavy (non-hydrogen) atoms. The number of hydrogen-bond donors (Lipinski definition) is 0. The van der Waals surface area contributed by atoms with Crippen LogP contribution in [0.3, 0.4) is 0 Å². The Hall–Kier alpha value is 0.584. The first-order chi connectivity index (χ1) is 7.02. The van der Waals surface area contributed by atoms with Crippen molar-refractivity contribution < 1.29 is 41.3 Å². The summed E-state index contributed by atoms with van der Waals surface area (Å²) in [4.78, 5) is 0. The molecule has 89 valence electrons. The third-order valence-electron chi connectivity index (χ3n) is 2.45. The van der Waals surface area contributed by atoms with E-state index in [0.29, 0.717) is 11.8 Å². The van der Waals surface area contributed by atoms with Gasteiger partial charge in [0.2, 0.25) is 0 Å². The standard InChI is InChI=1S/C13H19.C2H6.Pr/c1-9(2)12-6-7-13(10(3)4)11(5)8-12;1-2;/h6,8-10H,1-5H3;1-2H3;/q-1;;. The largest absolute Gasteiger partial charge is 0.180 e. The second-order valence-corrected chi connectivity index (χ2v) is 4.34. The van der Waals surface area contributed by atoms with E-state index in [-0.39, 0.29) is 41.3 Å². The molecule has 1 heteroatoms. The van der Waals surface area contributed by atoms with Crippen LogP contribution in [0.2, 0.25) is 0 Å². The maximum absolute atomic E-state index is 3.39. The van der Waals surface area contributed by atoms with Gasteiger partial charge in [0, 0.05) is 41.3 Å². The van der Waals surface area contributed by atoms with E-state index in [0.717, 1.165) is 0 Å². The second kappa shape index (κ2) is 9.60. The van der Waals surface area contributed by atoms with Crippen molar-refractivity contribution in [3.05, 3.63) is 34.9 Å². The molecule has 0 aromatic heterocycles. The first-order valence-electron chi connectivity index (χ1n) is 6.04. The summed E-state index contributed by atoms with van der Waals surface area (Å²) < 4.78 is 0. The van der Waals surface area contributed by atoms with Crippen LogP contribution >= 0.6 is 0 Å². The molecule has 0 aliphatic heterocycles. The van der Waals surface area contributed by atoms with Gasteiger partial charge in [-0.05, 0) is 5.92 Å². The van der Waals surface area contributed by atoms with Crippen molar-refractivity contribution in [3.8, 4) is 0 Å². The Kier molecular flexibility index (Phi) is 11.4. The fourth-order valence-corrected chi connectivity index (χ4v) is 1.60. The Balaban J connectivity index is 0. The van der Waals surface area contributed by atoms with Crippen molar-refractivity contribution in [1.29, 1.82) is 0 Å². The molecule has 0 amide bonds. The molecule has 0 heterocycles. The molecule has 0 aliphatic rings. The first kappa shape index (κ1) is 18.9. The van der Waals surface area contributed by atoms with E-state index < -0.39 is 0 Å². The van der Waals surface area contributed by atoms with E-state index in [1.165, 1.54) is 16.7 Å². The molecule has 1 aromatic rings. The SMILES string of the molecule is CC.Cc1cc(C(C)C)c[c-]c1C(C)C.[Pr]. The van der Waals surface area contributed by atoms with E-state index in [9.17, 15) is 0 Å². The van der Waals surface area contributed by atoms with Crippen LogP contribution in [0.4, 0.5) is 0 Å². The summed E-state index contributed by atoms with van der Waals surface area (Å²) in [6, 6.07) is 7.81. The average Bonchev–Trinajstić information content (AvgIpc) is 2.20. The molecule has 0 unspecified atom stereocenters. The third-order valence-corrected chi connectivity index (χ3v) is 2.45. The summed E-state index contributed by atoms with van der Waals surface area (Å²) >= 11 is 0. The summed E-state index contributed by atoms with van der Waals surface area (Å²) in [5.41, 5.74) is 4.12. The maximum Gasteiger partial charge on any atom is 0 e. The molecule has 0 saturated heterocycles. The predicted molar refractivity (Wildman–Crippen MR) is 69.5 cm³/mol. The molecule has 0 nitrogen and oxygen atoms in total. The molecule has 1 rings (SSSR count). The van der Waals surface area contributed by atoms with Crippen LogP contribution in [-0.4, -0.2) is 0 Å². The molecule has 0 N–H and O–H groups in total. The Morgan fingerprint density at radius 2 is 1.50 bits per heavy atom. The van der Waals surface area contributed by atoms with E-state index in [2.05, 4.69) is 52.8 Å². The van der Waals surface area contributed by atoms with Gasteiger partial charge in [-0.1, -0.05) is 54.4 Å². The minimum absolute atomic E-state index is 0. The van der Waals surface area contributed by atoms with Crippen LogP contribution in [0.15, 0.2) is 12.1 Å². The smallest absolute Gasteiger partial charge is 0 e. The fourth-order valence-electron chi connectivity index (χ4n) is 1.60. The van der Waals surface area contributed by atoms with Crippen molar-refractivity contribution >= 4 is 0 Å². The van der Waals surface area contributed by atoms with Gasteiger partial charge in [-0.25, -0.2) is 0 Å². The van der Waals surface area contributed by atoms with Gasteiger partial charge in [-0.2, -0.15) is 34.9 Å². The van der Waals surface area contributed by atoms with E-state index in [4.69, 9.17) is 0 Å². The zero-order valence-electron chi connectivity index (χ0n) is 11.9. The molecule has 0 spiro atoms. The molecule has 1 aromatic carbocycles. The normalized spacial score (nSPS) is 9.56. The van der Waals surface area contributed by atoms with Crippen LogP contribution in [0.25, 0.3) is 0 Å². The predicted octanol–water partition coefficient (Wildman–Crippen LogP) is 5.07. The Morgan fingerprint density at radius 1 is 1.00 bits per heavy atom. The van der Waals surface area contributed by atoms with Crippen molar-refractivity contribution in [1.82, 2.24) is 0 Å². The molecule has 0 atom stereocenters. The fraction of sp³-hybridized carbons (Fsp3) is 0.600. The number of rotatable bonds is 2.